The van der Waals surface area contributed by atoms with Crippen LogP contribution in [0.5, 0.6) is 0 Å². The van der Waals surface area contributed by atoms with E-state index in [1.807, 2.05) is 43.3 Å². The molecular weight excluding hydrogens is 262 g/mol. The monoisotopic (exact) mass is 279 g/mol. The molecule has 5 heteroatoms. The molecular formula is C16H17N5. The molecule has 0 atom stereocenters. The highest BCUT2D eigenvalue weighted by Gasteiger charge is 2.10. The van der Waals surface area contributed by atoms with Crippen LogP contribution in [-0.4, -0.2) is 24.1 Å². The van der Waals surface area contributed by atoms with E-state index in [9.17, 15) is 0 Å². The molecule has 0 saturated carbocycles. The van der Waals surface area contributed by atoms with Gasteiger partial charge in [-0.3, -0.25) is 0 Å². The molecule has 5 nitrogen and oxygen atoms in total. The van der Waals surface area contributed by atoms with Gasteiger partial charge in [0.2, 0.25) is 0 Å². The highest BCUT2D eigenvalue weighted by atomic mass is 15.2. The van der Waals surface area contributed by atoms with Gasteiger partial charge in [0.15, 0.2) is 11.6 Å². The lowest BCUT2D eigenvalue weighted by Crippen LogP contribution is -2.14. The van der Waals surface area contributed by atoms with Gasteiger partial charge in [-0.15, -0.1) is 0 Å². The van der Waals surface area contributed by atoms with E-state index in [0.717, 1.165) is 11.1 Å². The van der Waals surface area contributed by atoms with Crippen LogP contribution in [-0.2, 0) is 0 Å². The summed E-state index contributed by atoms with van der Waals surface area (Å²) < 4.78 is 0. The Hall–Kier alpha value is -2.82. The predicted molar refractivity (Wildman–Crippen MR) is 88.0 cm³/mol. The first-order valence-corrected chi connectivity index (χ1v) is 6.69. The largest absolute Gasteiger partial charge is 0.393 e. The number of benzene rings is 2. The average molecular weight is 279 g/mol. The van der Waals surface area contributed by atoms with E-state index < -0.39 is 0 Å². The van der Waals surface area contributed by atoms with Crippen LogP contribution in [0.15, 0.2) is 48.8 Å². The fourth-order valence-corrected chi connectivity index (χ4v) is 2.30. The first-order valence-electron chi connectivity index (χ1n) is 6.69. The number of nitrogens with one attached hydrogen (secondary N) is 1. The first-order chi connectivity index (χ1) is 10.2. The van der Waals surface area contributed by atoms with Crippen LogP contribution in [0.1, 0.15) is 0 Å². The van der Waals surface area contributed by atoms with E-state index in [1.165, 1.54) is 11.7 Å². The maximum Gasteiger partial charge on any atom is 0.159 e. The SMILES string of the molecule is CN(C)c1ncnc(Nc2cccc3ccccc23)c1N. The average Bonchev–Trinajstić information content (AvgIpc) is 2.49. The van der Waals surface area contributed by atoms with Crippen molar-refractivity contribution in [3.05, 3.63) is 48.8 Å². The molecule has 0 aliphatic heterocycles. The van der Waals surface area contributed by atoms with Gasteiger partial charge in [0.1, 0.15) is 12.0 Å². The van der Waals surface area contributed by atoms with Crippen LogP contribution in [0, 0.1) is 0 Å². The molecule has 0 unspecified atom stereocenters. The maximum absolute atomic E-state index is 6.15. The standard InChI is InChI=1S/C16H17N5/c1-21(2)16-14(17)15(18-10-19-16)20-13-9-5-7-11-6-3-4-8-12(11)13/h3-10H,17H2,1-2H3,(H,18,19,20). The van der Waals surface area contributed by atoms with Crippen LogP contribution in [0.25, 0.3) is 10.8 Å². The Bertz CT molecular complexity index is 777. The first kappa shape index (κ1) is 13.2. The summed E-state index contributed by atoms with van der Waals surface area (Å²) in [5.41, 5.74) is 7.66. The molecule has 0 fully saturated rings. The number of hydrogen-bond donors (Lipinski definition) is 2. The van der Waals surface area contributed by atoms with Gasteiger partial charge in [0, 0.05) is 25.2 Å². The summed E-state index contributed by atoms with van der Waals surface area (Å²) in [4.78, 5) is 10.3. The highest BCUT2D eigenvalue weighted by Crippen LogP contribution is 2.30. The van der Waals surface area contributed by atoms with E-state index in [-0.39, 0.29) is 0 Å². The quantitative estimate of drug-likeness (QED) is 0.771. The van der Waals surface area contributed by atoms with Gasteiger partial charge in [0.25, 0.3) is 0 Å². The van der Waals surface area contributed by atoms with E-state index in [2.05, 4.69) is 33.5 Å². The Labute approximate surface area is 123 Å². The van der Waals surface area contributed by atoms with Gasteiger partial charge < -0.3 is 16.0 Å². The summed E-state index contributed by atoms with van der Waals surface area (Å²) in [6.07, 6.45) is 1.51. The Morgan fingerprint density at radius 2 is 1.76 bits per heavy atom. The number of fused-ring (bicyclic) bond motifs is 1. The van der Waals surface area contributed by atoms with Crippen molar-refractivity contribution < 1.29 is 0 Å². The van der Waals surface area contributed by atoms with Crippen molar-refractivity contribution in [1.29, 1.82) is 0 Å². The number of nitrogens with two attached hydrogens (primary N) is 1. The lowest BCUT2D eigenvalue weighted by molar-refractivity contribution is 1.04. The fourth-order valence-electron chi connectivity index (χ4n) is 2.30. The van der Waals surface area contributed by atoms with E-state index in [4.69, 9.17) is 5.73 Å². The molecule has 106 valence electrons. The van der Waals surface area contributed by atoms with Crippen LogP contribution in [0.2, 0.25) is 0 Å². The third kappa shape index (κ3) is 2.45. The fraction of sp³-hybridized carbons (Fsp3) is 0.125. The molecule has 1 heterocycles. The van der Waals surface area contributed by atoms with Crippen LogP contribution >= 0.6 is 0 Å². The minimum atomic E-state index is 0.537. The van der Waals surface area contributed by atoms with Crippen molar-refractivity contribution in [2.75, 3.05) is 30.0 Å². The highest BCUT2D eigenvalue weighted by molar-refractivity contribution is 5.96. The lowest BCUT2D eigenvalue weighted by Gasteiger charge is -2.16. The van der Waals surface area contributed by atoms with Crippen LogP contribution in [0.4, 0.5) is 23.0 Å². The van der Waals surface area contributed by atoms with Gasteiger partial charge in [-0.25, -0.2) is 9.97 Å². The third-order valence-electron chi connectivity index (χ3n) is 3.33. The number of aromatic nitrogens is 2. The summed E-state index contributed by atoms with van der Waals surface area (Å²) >= 11 is 0. The number of nitrogens with zero attached hydrogens (tertiary/aromatic N) is 3. The summed E-state index contributed by atoms with van der Waals surface area (Å²) in [6, 6.07) is 14.3. The molecule has 0 radical (unpaired) electrons. The van der Waals surface area contributed by atoms with Crippen LogP contribution < -0.4 is 16.0 Å². The van der Waals surface area contributed by atoms with Gasteiger partial charge in [-0.05, 0) is 11.5 Å². The van der Waals surface area contributed by atoms with Crippen molar-refractivity contribution in [3.8, 4) is 0 Å². The third-order valence-corrected chi connectivity index (χ3v) is 3.33. The molecule has 0 bridgehead atoms. The van der Waals surface area contributed by atoms with Gasteiger partial charge >= 0.3 is 0 Å². The number of anilines is 4. The Kier molecular flexibility index (Phi) is 3.31. The molecule has 3 N–H and O–H groups in total. The number of rotatable bonds is 3. The van der Waals surface area contributed by atoms with E-state index in [0.29, 0.717) is 17.3 Å². The van der Waals surface area contributed by atoms with Crippen molar-refractivity contribution in [1.82, 2.24) is 9.97 Å². The second-order valence-corrected chi connectivity index (χ2v) is 5.01. The minimum Gasteiger partial charge on any atom is -0.393 e. The van der Waals surface area contributed by atoms with Gasteiger partial charge in [-0.1, -0.05) is 36.4 Å². The number of hydrogen-bond acceptors (Lipinski definition) is 5. The topological polar surface area (TPSA) is 67.1 Å². The molecule has 0 saturated heterocycles. The molecule has 0 aliphatic rings. The summed E-state index contributed by atoms with van der Waals surface area (Å²) in [6.45, 7) is 0. The summed E-state index contributed by atoms with van der Waals surface area (Å²) in [7, 11) is 3.81. The zero-order valence-corrected chi connectivity index (χ0v) is 12.0. The minimum absolute atomic E-state index is 0.537. The van der Waals surface area contributed by atoms with Crippen molar-refractivity contribution in [2.24, 2.45) is 0 Å². The number of nitrogen functional groups attached to an aromatic ring is 1. The smallest absolute Gasteiger partial charge is 0.159 e. The molecule has 1 aromatic heterocycles. The Morgan fingerprint density at radius 3 is 2.57 bits per heavy atom. The molecule has 0 aliphatic carbocycles. The van der Waals surface area contributed by atoms with Gasteiger partial charge in [-0.2, -0.15) is 0 Å². The predicted octanol–water partition coefficient (Wildman–Crippen LogP) is 3.02. The summed E-state index contributed by atoms with van der Waals surface area (Å²) in [5.74, 6) is 1.32. The van der Waals surface area contributed by atoms with Crippen molar-refractivity contribution in [3.63, 3.8) is 0 Å². The molecule has 21 heavy (non-hydrogen) atoms. The van der Waals surface area contributed by atoms with E-state index >= 15 is 0 Å². The van der Waals surface area contributed by atoms with E-state index in [1.54, 1.807) is 0 Å². The van der Waals surface area contributed by atoms with Gasteiger partial charge in [0.05, 0.1) is 0 Å². The second-order valence-electron chi connectivity index (χ2n) is 5.01. The molecule has 0 amide bonds. The zero-order valence-electron chi connectivity index (χ0n) is 12.0. The second kappa shape index (κ2) is 5.28. The van der Waals surface area contributed by atoms with Crippen molar-refractivity contribution in [2.45, 2.75) is 0 Å². The normalized spacial score (nSPS) is 10.6. The molecule has 3 aromatic rings. The molecule has 3 rings (SSSR count). The van der Waals surface area contributed by atoms with Crippen molar-refractivity contribution >= 4 is 33.8 Å². The Balaban J connectivity index is 2.05. The zero-order chi connectivity index (χ0) is 14.8. The maximum atomic E-state index is 6.15. The Morgan fingerprint density at radius 1 is 1.00 bits per heavy atom. The lowest BCUT2D eigenvalue weighted by atomic mass is 10.1. The molecule has 0 spiro atoms. The molecule has 2 aromatic carbocycles. The van der Waals surface area contributed by atoms with Crippen LogP contribution in [0.3, 0.4) is 0 Å². The summed E-state index contributed by atoms with van der Waals surface area (Å²) in [5, 5.41) is 5.61.